The molecule has 9 heteroatoms. The minimum atomic E-state index is -1.09. The van der Waals surface area contributed by atoms with Gasteiger partial charge in [0, 0.05) is 48.5 Å². The first-order valence-corrected chi connectivity index (χ1v) is 10.5. The van der Waals surface area contributed by atoms with Crippen molar-refractivity contribution in [3.8, 4) is 11.4 Å². The van der Waals surface area contributed by atoms with Gasteiger partial charge in [-0.1, -0.05) is 17.7 Å². The fourth-order valence-electron chi connectivity index (χ4n) is 3.34. The molecule has 0 bridgehead atoms. The Morgan fingerprint density at radius 1 is 1.18 bits per heavy atom. The normalized spacial score (nSPS) is 10.9. The van der Waals surface area contributed by atoms with Gasteiger partial charge in [-0.2, -0.15) is 5.10 Å². The minimum absolute atomic E-state index is 0.0280. The molecule has 33 heavy (non-hydrogen) atoms. The smallest absolute Gasteiger partial charge is 0.337 e. The number of nitrogens with zero attached hydrogens (tertiary/aromatic N) is 3. The number of nitrogens with one attached hydrogen (secondary N) is 1. The van der Waals surface area contributed by atoms with Crippen LogP contribution in [0.3, 0.4) is 0 Å². The van der Waals surface area contributed by atoms with Gasteiger partial charge in [0.15, 0.2) is 6.61 Å². The Kier molecular flexibility index (Phi) is 7.40. The van der Waals surface area contributed by atoms with Gasteiger partial charge in [-0.05, 0) is 50.2 Å². The van der Waals surface area contributed by atoms with Crippen LogP contribution in [0.2, 0.25) is 5.02 Å². The number of carbonyl (C=O) groups excluding carboxylic acids is 1. The highest BCUT2D eigenvalue weighted by Crippen LogP contribution is 2.24. The number of anilines is 1. The summed E-state index contributed by atoms with van der Waals surface area (Å²) in [7, 11) is 3.85. The van der Waals surface area contributed by atoms with Crippen LogP contribution in [0.25, 0.3) is 5.69 Å². The maximum absolute atomic E-state index is 12.1. The maximum atomic E-state index is 12.1. The molecule has 0 aliphatic heterocycles. The Balaban J connectivity index is 1.66. The van der Waals surface area contributed by atoms with Gasteiger partial charge >= 0.3 is 5.97 Å². The number of aromatic carboxylic acids is 1. The number of carboxylic acids is 1. The van der Waals surface area contributed by atoms with Crippen LogP contribution < -0.4 is 15.1 Å². The molecule has 2 aromatic carbocycles. The fourth-order valence-corrected chi connectivity index (χ4v) is 3.54. The summed E-state index contributed by atoms with van der Waals surface area (Å²) >= 11 is 5.98. The number of rotatable bonds is 8. The number of amides is 1. The third-order valence-electron chi connectivity index (χ3n) is 5.01. The number of benzene rings is 2. The van der Waals surface area contributed by atoms with E-state index in [2.05, 4.69) is 10.5 Å². The van der Waals surface area contributed by atoms with Crippen molar-refractivity contribution in [2.45, 2.75) is 13.8 Å². The molecule has 0 unspecified atom stereocenters. The molecule has 0 spiro atoms. The molecule has 172 valence electrons. The quantitative estimate of drug-likeness (QED) is 0.384. The number of halogens is 1. The van der Waals surface area contributed by atoms with Crippen LogP contribution in [-0.2, 0) is 4.79 Å². The highest BCUT2D eigenvalue weighted by atomic mass is 35.5. The first kappa shape index (κ1) is 23.9. The standard InChI is InChI=1S/C24H25ClN4O4/c1-15-10-17(16(2)29(15)19-8-9-22(25)21(12-19)24(31)32)13-26-27-23(30)14-33-20-7-5-6-18(11-20)28(3)4/h5-13H,14H2,1-4H3,(H,27,30)(H,31,32)/b26-13+. The van der Waals surface area contributed by atoms with Crippen molar-refractivity contribution in [3.63, 3.8) is 0 Å². The summed E-state index contributed by atoms with van der Waals surface area (Å²) in [6.07, 6.45) is 1.54. The monoisotopic (exact) mass is 468 g/mol. The lowest BCUT2D eigenvalue weighted by molar-refractivity contribution is -0.123. The van der Waals surface area contributed by atoms with E-state index in [1.54, 1.807) is 18.2 Å². The number of carbonyl (C=O) groups is 2. The summed E-state index contributed by atoms with van der Waals surface area (Å²) in [5, 5.41) is 13.5. The Labute approximate surface area is 197 Å². The molecular formula is C24H25ClN4O4. The Bertz CT molecular complexity index is 1220. The molecule has 8 nitrogen and oxygen atoms in total. The van der Waals surface area contributed by atoms with Gasteiger partial charge in [0.2, 0.25) is 0 Å². The SMILES string of the molecule is Cc1cc(/C=N/NC(=O)COc2cccc(N(C)C)c2)c(C)n1-c1ccc(Cl)c(C(=O)O)c1. The lowest BCUT2D eigenvalue weighted by atomic mass is 10.2. The molecular weight excluding hydrogens is 444 g/mol. The molecule has 0 aliphatic rings. The van der Waals surface area contributed by atoms with Gasteiger partial charge < -0.3 is 19.3 Å². The van der Waals surface area contributed by atoms with Crippen molar-refractivity contribution in [2.75, 3.05) is 25.6 Å². The summed E-state index contributed by atoms with van der Waals surface area (Å²) < 4.78 is 7.43. The van der Waals surface area contributed by atoms with Crippen LogP contribution in [0.5, 0.6) is 5.75 Å². The van der Waals surface area contributed by atoms with Gasteiger partial charge in [-0.25, -0.2) is 10.2 Å². The minimum Gasteiger partial charge on any atom is -0.484 e. The second-order valence-corrected chi connectivity index (χ2v) is 8.01. The molecule has 0 saturated carbocycles. The van der Waals surface area contributed by atoms with Crippen molar-refractivity contribution in [2.24, 2.45) is 5.10 Å². The van der Waals surface area contributed by atoms with E-state index in [1.807, 2.05) is 61.7 Å². The van der Waals surface area contributed by atoms with Crippen LogP contribution in [0.4, 0.5) is 5.69 Å². The van der Waals surface area contributed by atoms with E-state index in [4.69, 9.17) is 16.3 Å². The molecule has 0 radical (unpaired) electrons. The molecule has 0 fully saturated rings. The lowest BCUT2D eigenvalue weighted by Gasteiger charge is -2.13. The fraction of sp³-hybridized carbons (Fsp3) is 0.208. The second kappa shape index (κ2) is 10.2. The molecule has 1 heterocycles. The number of hydrogen-bond donors (Lipinski definition) is 2. The topological polar surface area (TPSA) is 96.2 Å². The molecule has 1 aromatic heterocycles. The summed E-state index contributed by atoms with van der Waals surface area (Å²) in [5.41, 5.74) is 6.61. The van der Waals surface area contributed by atoms with E-state index in [1.165, 1.54) is 12.3 Å². The van der Waals surface area contributed by atoms with Crippen LogP contribution in [0.15, 0.2) is 53.6 Å². The van der Waals surface area contributed by atoms with Gasteiger partial charge in [-0.3, -0.25) is 4.79 Å². The highest BCUT2D eigenvalue weighted by molar-refractivity contribution is 6.33. The van der Waals surface area contributed by atoms with Crippen LogP contribution in [-0.4, -0.2) is 48.5 Å². The molecule has 0 saturated heterocycles. The zero-order chi connectivity index (χ0) is 24.1. The van der Waals surface area contributed by atoms with Crippen molar-refractivity contribution < 1.29 is 19.4 Å². The number of aromatic nitrogens is 1. The summed E-state index contributed by atoms with van der Waals surface area (Å²) in [6, 6.07) is 14.2. The maximum Gasteiger partial charge on any atom is 0.337 e. The number of carboxylic acid groups (broad SMARTS) is 1. The summed E-state index contributed by atoms with van der Waals surface area (Å²) in [5.74, 6) is -0.892. The predicted molar refractivity (Wildman–Crippen MR) is 129 cm³/mol. The summed E-state index contributed by atoms with van der Waals surface area (Å²) in [4.78, 5) is 25.5. The molecule has 0 aliphatic carbocycles. The van der Waals surface area contributed by atoms with Crippen molar-refractivity contribution in [1.82, 2.24) is 9.99 Å². The van der Waals surface area contributed by atoms with E-state index in [-0.39, 0.29) is 23.1 Å². The van der Waals surface area contributed by atoms with E-state index in [0.29, 0.717) is 11.4 Å². The van der Waals surface area contributed by atoms with Crippen LogP contribution in [0, 0.1) is 13.8 Å². The Morgan fingerprint density at radius 2 is 1.94 bits per heavy atom. The number of hydrogen-bond acceptors (Lipinski definition) is 5. The third kappa shape index (κ3) is 5.72. The average molecular weight is 469 g/mol. The van der Waals surface area contributed by atoms with Gasteiger partial charge in [0.1, 0.15) is 5.75 Å². The largest absolute Gasteiger partial charge is 0.484 e. The van der Waals surface area contributed by atoms with Crippen molar-refractivity contribution >= 4 is 35.4 Å². The Morgan fingerprint density at radius 3 is 2.64 bits per heavy atom. The number of hydrazone groups is 1. The molecule has 2 N–H and O–H groups in total. The lowest BCUT2D eigenvalue weighted by Crippen LogP contribution is -2.24. The van der Waals surface area contributed by atoms with Gasteiger partial charge in [-0.15, -0.1) is 0 Å². The highest BCUT2D eigenvalue weighted by Gasteiger charge is 2.14. The first-order chi connectivity index (χ1) is 15.7. The van der Waals surface area contributed by atoms with E-state index < -0.39 is 5.97 Å². The van der Waals surface area contributed by atoms with Crippen molar-refractivity contribution in [1.29, 1.82) is 0 Å². The number of aryl methyl sites for hydroxylation is 1. The molecule has 3 rings (SSSR count). The Hall–Kier alpha value is -3.78. The molecule has 1 amide bonds. The van der Waals surface area contributed by atoms with E-state index in [0.717, 1.165) is 22.6 Å². The molecule has 0 atom stereocenters. The van der Waals surface area contributed by atoms with E-state index >= 15 is 0 Å². The van der Waals surface area contributed by atoms with Gasteiger partial charge in [0.25, 0.3) is 5.91 Å². The third-order valence-corrected chi connectivity index (χ3v) is 5.34. The number of ether oxygens (including phenoxy) is 1. The van der Waals surface area contributed by atoms with Gasteiger partial charge in [0.05, 0.1) is 16.8 Å². The first-order valence-electron chi connectivity index (χ1n) is 10.1. The van der Waals surface area contributed by atoms with Crippen LogP contribution >= 0.6 is 11.6 Å². The van der Waals surface area contributed by atoms with Crippen LogP contribution in [0.1, 0.15) is 27.3 Å². The zero-order valence-electron chi connectivity index (χ0n) is 18.8. The average Bonchev–Trinajstić information content (AvgIpc) is 3.05. The predicted octanol–water partition coefficient (Wildman–Crippen LogP) is 4.04. The summed E-state index contributed by atoms with van der Waals surface area (Å²) in [6.45, 7) is 3.61. The zero-order valence-corrected chi connectivity index (χ0v) is 19.6. The second-order valence-electron chi connectivity index (χ2n) is 7.60. The van der Waals surface area contributed by atoms with Crippen molar-refractivity contribution in [3.05, 3.63) is 76.1 Å². The molecule has 3 aromatic rings. The van der Waals surface area contributed by atoms with E-state index in [9.17, 15) is 14.7 Å².